The molecule has 2 fully saturated rings. The van der Waals surface area contributed by atoms with Crippen molar-refractivity contribution in [2.24, 2.45) is 0 Å². The second-order valence-electron chi connectivity index (χ2n) is 5.60. The molecule has 1 saturated heterocycles. The van der Waals surface area contributed by atoms with E-state index < -0.39 is 0 Å². The van der Waals surface area contributed by atoms with Crippen LogP contribution in [0.25, 0.3) is 0 Å². The Morgan fingerprint density at radius 1 is 1.29 bits per heavy atom. The molecule has 0 radical (unpaired) electrons. The molecule has 2 aliphatic rings. The third-order valence-corrected chi connectivity index (χ3v) is 4.20. The molecule has 2 heterocycles. The van der Waals surface area contributed by atoms with Crippen LogP contribution in [-0.4, -0.2) is 48.5 Å². The fourth-order valence-corrected chi connectivity index (χ4v) is 2.77. The maximum absolute atomic E-state index is 7.73. The second-order valence-corrected chi connectivity index (χ2v) is 5.93. The predicted octanol–water partition coefficient (Wildman–Crippen LogP) is 2.32. The van der Waals surface area contributed by atoms with Crippen molar-refractivity contribution in [1.82, 2.24) is 9.97 Å². The van der Waals surface area contributed by atoms with Gasteiger partial charge in [-0.1, -0.05) is 0 Å². The molecule has 21 heavy (non-hydrogen) atoms. The summed E-state index contributed by atoms with van der Waals surface area (Å²) in [7, 11) is 2.00. The summed E-state index contributed by atoms with van der Waals surface area (Å²) in [4.78, 5) is 10.7. The van der Waals surface area contributed by atoms with E-state index in [1.807, 2.05) is 7.05 Å². The van der Waals surface area contributed by atoms with Crippen molar-refractivity contribution in [2.75, 3.05) is 30.5 Å². The van der Waals surface area contributed by atoms with Gasteiger partial charge in [-0.05, 0) is 37.3 Å². The molecule has 0 unspecified atom stereocenters. The van der Waals surface area contributed by atoms with E-state index in [4.69, 9.17) is 21.7 Å². The number of ether oxygens (including phenoxy) is 1. The number of hydrogen-bond acceptors (Lipinski definition) is 6. The first-order chi connectivity index (χ1) is 10.2. The lowest BCUT2D eigenvalue weighted by atomic mass is 10.1. The van der Waals surface area contributed by atoms with E-state index in [-0.39, 0.29) is 5.28 Å². The Morgan fingerprint density at radius 3 is 2.62 bits per heavy atom. The van der Waals surface area contributed by atoms with Crippen LogP contribution < -0.4 is 10.2 Å². The average molecular weight is 310 g/mol. The Morgan fingerprint density at radius 2 is 2.00 bits per heavy atom. The average Bonchev–Trinajstić information content (AvgIpc) is 3.31. The molecule has 1 aromatic heterocycles. The van der Waals surface area contributed by atoms with Crippen LogP contribution in [-0.2, 0) is 4.74 Å². The monoisotopic (exact) mass is 309 g/mol. The zero-order chi connectivity index (χ0) is 14.8. The van der Waals surface area contributed by atoms with Gasteiger partial charge in [0.2, 0.25) is 5.28 Å². The highest BCUT2D eigenvalue weighted by atomic mass is 35.5. The zero-order valence-electron chi connectivity index (χ0n) is 12.1. The van der Waals surface area contributed by atoms with Crippen LogP contribution in [0.5, 0.6) is 0 Å². The van der Waals surface area contributed by atoms with Gasteiger partial charge < -0.3 is 20.4 Å². The first-order valence-corrected chi connectivity index (χ1v) is 7.72. The fourth-order valence-electron chi connectivity index (χ4n) is 2.61. The molecular weight excluding hydrogens is 290 g/mol. The van der Waals surface area contributed by atoms with Crippen molar-refractivity contribution < 1.29 is 4.74 Å². The van der Waals surface area contributed by atoms with Crippen molar-refractivity contribution in [1.29, 1.82) is 5.41 Å². The first-order valence-electron chi connectivity index (χ1n) is 7.34. The third-order valence-electron chi connectivity index (χ3n) is 4.03. The normalized spacial score (nSPS) is 19.3. The van der Waals surface area contributed by atoms with Gasteiger partial charge in [0, 0.05) is 38.6 Å². The summed E-state index contributed by atoms with van der Waals surface area (Å²) in [5.41, 5.74) is 0.709. The van der Waals surface area contributed by atoms with E-state index in [1.54, 1.807) is 0 Å². The predicted molar refractivity (Wildman–Crippen MR) is 83.8 cm³/mol. The summed E-state index contributed by atoms with van der Waals surface area (Å²) in [6, 6.07) is 0.813. The molecule has 0 aromatic carbocycles. The summed E-state index contributed by atoms with van der Waals surface area (Å²) in [6.45, 7) is 1.53. The molecule has 1 aliphatic carbocycles. The Balaban J connectivity index is 1.91. The van der Waals surface area contributed by atoms with E-state index in [2.05, 4.69) is 20.2 Å². The molecule has 1 aliphatic heterocycles. The number of nitrogens with one attached hydrogen (secondary N) is 2. The molecule has 2 N–H and O–H groups in total. The van der Waals surface area contributed by atoms with Crippen LogP contribution in [0.4, 0.5) is 11.6 Å². The van der Waals surface area contributed by atoms with E-state index >= 15 is 0 Å². The molecule has 1 saturated carbocycles. The number of hydrogen-bond donors (Lipinski definition) is 2. The molecule has 0 atom stereocenters. The van der Waals surface area contributed by atoms with Gasteiger partial charge in [0.15, 0.2) is 0 Å². The fraction of sp³-hybridized carbons (Fsp3) is 0.643. The summed E-state index contributed by atoms with van der Waals surface area (Å²) in [6.07, 6.45) is 5.52. The zero-order valence-corrected chi connectivity index (χ0v) is 12.9. The Bertz CT molecular complexity index is 528. The molecule has 7 heteroatoms. The molecule has 6 nitrogen and oxygen atoms in total. The minimum Gasteiger partial charge on any atom is -0.381 e. The van der Waals surface area contributed by atoms with Gasteiger partial charge in [-0.25, -0.2) is 0 Å². The van der Waals surface area contributed by atoms with Gasteiger partial charge in [0.05, 0.1) is 5.56 Å². The van der Waals surface area contributed by atoms with Crippen LogP contribution in [0, 0.1) is 5.41 Å². The number of aromatic nitrogens is 2. The van der Waals surface area contributed by atoms with Crippen molar-refractivity contribution >= 4 is 29.5 Å². The number of nitrogens with zero attached hydrogens (tertiary/aromatic N) is 3. The molecule has 1 aromatic rings. The standard InChI is InChI=1S/C14H20ClN5O/c1-20(10-4-6-21-7-5-10)13-11(8-16)12(17-9-2-3-9)18-14(15)19-13/h8-10,16H,2-7H2,1H3,(H,17,18,19). The molecule has 3 rings (SSSR count). The van der Waals surface area contributed by atoms with Crippen LogP contribution in [0.1, 0.15) is 31.2 Å². The summed E-state index contributed by atoms with van der Waals surface area (Å²) in [5, 5.41) is 11.3. The van der Waals surface area contributed by atoms with Crippen LogP contribution in [0.2, 0.25) is 5.28 Å². The molecule has 0 bridgehead atoms. The lowest BCUT2D eigenvalue weighted by Crippen LogP contribution is -2.38. The van der Waals surface area contributed by atoms with E-state index in [9.17, 15) is 0 Å². The van der Waals surface area contributed by atoms with Crippen molar-refractivity contribution in [3.05, 3.63) is 10.8 Å². The van der Waals surface area contributed by atoms with Gasteiger partial charge in [-0.2, -0.15) is 9.97 Å². The minimum absolute atomic E-state index is 0.220. The highest BCUT2D eigenvalue weighted by molar-refractivity contribution is 6.28. The maximum atomic E-state index is 7.73. The van der Waals surface area contributed by atoms with E-state index in [1.165, 1.54) is 6.21 Å². The number of halogens is 1. The number of anilines is 2. The molecular formula is C14H20ClN5O. The van der Waals surface area contributed by atoms with E-state index in [0.29, 0.717) is 23.5 Å². The van der Waals surface area contributed by atoms with Gasteiger partial charge in [-0.3, -0.25) is 0 Å². The molecule has 114 valence electrons. The molecule has 0 spiro atoms. The van der Waals surface area contributed by atoms with Gasteiger partial charge >= 0.3 is 0 Å². The lowest BCUT2D eigenvalue weighted by Gasteiger charge is -2.33. The van der Waals surface area contributed by atoms with Crippen LogP contribution in [0.15, 0.2) is 0 Å². The van der Waals surface area contributed by atoms with Gasteiger partial charge in [-0.15, -0.1) is 0 Å². The van der Waals surface area contributed by atoms with Crippen LogP contribution in [0.3, 0.4) is 0 Å². The summed E-state index contributed by atoms with van der Waals surface area (Å²) >= 11 is 6.08. The van der Waals surface area contributed by atoms with Gasteiger partial charge in [0.25, 0.3) is 0 Å². The topological polar surface area (TPSA) is 74.1 Å². The Labute approximate surface area is 129 Å². The first kappa shape index (κ1) is 14.5. The Hall–Kier alpha value is -1.40. The number of rotatable bonds is 5. The quantitative estimate of drug-likeness (QED) is 0.645. The second kappa shape index (κ2) is 6.15. The van der Waals surface area contributed by atoms with E-state index in [0.717, 1.165) is 44.7 Å². The molecule has 0 amide bonds. The van der Waals surface area contributed by atoms with Crippen molar-refractivity contribution in [3.8, 4) is 0 Å². The minimum atomic E-state index is 0.220. The smallest absolute Gasteiger partial charge is 0.226 e. The Kier molecular flexibility index (Phi) is 4.26. The van der Waals surface area contributed by atoms with Crippen LogP contribution >= 0.6 is 11.6 Å². The maximum Gasteiger partial charge on any atom is 0.226 e. The largest absolute Gasteiger partial charge is 0.381 e. The highest BCUT2D eigenvalue weighted by Crippen LogP contribution is 2.31. The van der Waals surface area contributed by atoms with Gasteiger partial charge in [0.1, 0.15) is 11.6 Å². The third kappa shape index (κ3) is 3.27. The summed E-state index contributed by atoms with van der Waals surface area (Å²) < 4.78 is 5.41. The highest BCUT2D eigenvalue weighted by Gasteiger charge is 2.27. The SMILES string of the molecule is CN(c1nc(Cl)nc(NC2CC2)c1C=N)C1CCOCC1. The lowest BCUT2D eigenvalue weighted by molar-refractivity contribution is 0.0853. The van der Waals surface area contributed by atoms with Crippen molar-refractivity contribution in [2.45, 2.75) is 37.8 Å². The van der Waals surface area contributed by atoms with Crippen molar-refractivity contribution in [3.63, 3.8) is 0 Å². The summed E-state index contributed by atoms with van der Waals surface area (Å²) in [5.74, 6) is 1.39.